The maximum absolute atomic E-state index is 4.41. The van der Waals surface area contributed by atoms with Crippen molar-refractivity contribution in [2.24, 2.45) is 4.99 Å². The van der Waals surface area contributed by atoms with E-state index in [2.05, 4.69) is 93.1 Å². The molecule has 2 aromatic carbocycles. The van der Waals surface area contributed by atoms with Crippen LogP contribution in [0.2, 0.25) is 0 Å². The zero-order valence-electron chi connectivity index (χ0n) is 18.6. The summed E-state index contributed by atoms with van der Waals surface area (Å²) < 4.78 is 0. The second-order valence-electron chi connectivity index (χ2n) is 8.09. The van der Waals surface area contributed by atoms with Crippen LogP contribution in [0.4, 0.5) is 0 Å². The van der Waals surface area contributed by atoms with Crippen molar-refractivity contribution in [3.63, 3.8) is 0 Å². The van der Waals surface area contributed by atoms with E-state index in [1.165, 1.54) is 30.6 Å². The Bertz CT molecular complexity index is 707. The number of nitrogens with one attached hydrogen (secondary N) is 2. The topological polar surface area (TPSA) is 42.9 Å². The van der Waals surface area contributed by atoms with Gasteiger partial charge in [0.2, 0.25) is 0 Å². The third kappa shape index (κ3) is 7.15. The summed E-state index contributed by atoms with van der Waals surface area (Å²) in [5, 5.41) is 6.99. The first kappa shape index (κ1) is 22.3. The molecule has 1 saturated heterocycles. The molecule has 1 fully saturated rings. The van der Waals surface area contributed by atoms with E-state index >= 15 is 0 Å². The van der Waals surface area contributed by atoms with E-state index in [4.69, 9.17) is 0 Å². The van der Waals surface area contributed by atoms with Crippen LogP contribution in [0.25, 0.3) is 0 Å². The minimum atomic E-state index is 0.382. The SMILES string of the molecule is CN=C(NCCC(c1ccccc1)c1ccccc1)NCCN1CCCN(C)CC1. The van der Waals surface area contributed by atoms with Gasteiger partial charge >= 0.3 is 0 Å². The third-order valence-corrected chi connectivity index (χ3v) is 5.89. The lowest BCUT2D eigenvalue weighted by Crippen LogP contribution is -2.42. The molecule has 0 spiro atoms. The quantitative estimate of drug-likeness (QED) is 0.522. The van der Waals surface area contributed by atoms with Crippen LogP contribution in [0.1, 0.15) is 29.9 Å². The van der Waals surface area contributed by atoms with Crippen LogP contribution in [0.15, 0.2) is 65.7 Å². The van der Waals surface area contributed by atoms with E-state index in [0.717, 1.165) is 45.1 Å². The lowest BCUT2D eigenvalue weighted by molar-refractivity contribution is 0.280. The number of likely N-dealkylation sites (N-methyl/N-ethyl adjacent to an activating group) is 1. The average Bonchev–Trinajstić information content (AvgIpc) is 3.00. The highest BCUT2D eigenvalue weighted by Crippen LogP contribution is 2.27. The molecule has 3 rings (SSSR count). The number of hydrogen-bond acceptors (Lipinski definition) is 3. The lowest BCUT2D eigenvalue weighted by atomic mass is 9.88. The van der Waals surface area contributed by atoms with Crippen LogP contribution in [0.3, 0.4) is 0 Å². The molecule has 0 aliphatic carbocycles. The van der Waals surface area contributed by atoms with Gasteiger partial charge in [0, 0.05) is 45.7 Å². The number of benzene rings is 2. The largest absolute Gasteiger partial charge is 0.356 e. The van der Waals surface area contributed by atoms with E-state index in [0.29, 0.717) is 5.92 Å². The summed E-state index contributed by atoms with van der Waals surface area (Å²) in [7, 11) is 4.06. The highest BCUT2D eigenvalue weighted by atomic mass is 15.2. The number of hydrogen-bond donors (Lipinski definition) is 2. The normalized spacial score (nSPS) is 16.4. The minimum absolute atomic E-state index is 0.382. The standard InChI is InChI=1S/C25H37N5/c1-26-25(28-16-19-30-18-9-17-29(2)20-21-30)27-15-14-24(22-10-5-3-6-11-22)23-12-7-4-8-13-23/h3-8,10-13,24H,9,14-21H2,1-2H3,(H2,26,27,28). The van der Waals surface area contributed by atoms with E-state index in [-0.39, 0.29) is 0 Å². The van der Waals surface area contributed by atoms with Crippen molar-refractivity contribution >= 4 is 5.96 Å². The molecule has 1 heterocycles. The van der Waals surface area contributed by atoms with Crippen LogP contribution in [0, 0.1) is 0 Å². The van der Waals surface area contributed by atoms with Crippen molar-refractivity contribution in [3.8, 4) is 0 Å². The fourth-order valence-corrected chi connectivity index (χ4v) is 4.11. The first-order valence-corrected chi connectivity index (χ1v) is 11.2. The van der Waals surface area contributed by atoms with E-state index in [1.807, 2.05) is 7.05 Å². The van der Waals surface area contributed by atoms with Gasteiger partial charge in [0.05, 0.1) is 0 Å². The van der Waals surface area contributed by atoms with Crippen molar-refractivity contribution in [1.29, 1.82) is 0 Å². The fourth-order valence-electron chi connectivity index (χ4n) is 4.11. The van der Waals surface area contributed by atoms with E-state index in [9.17, 15) is 0 Å². The predicted molar refractivity (Wildman–Crippen MR) is 127 cm³/mol. The number of nitrogens with zero attached hydrogens (tertiary/aromatic N) is 3. The molecule has 30 heavy (non-hydrogen) atoms. The summed E-state index contributed by atoms with van der Waals surface area (Å²) in [6.07, 6.45) is 2.27. The molecule has 1 aliphatic heterocycles. The van der Waals surface area contributed by atoms with Crippen LogP contribution < -0.4 is 10.6 Å². The van der Waals surface area contributed by atoms with Gasteiger partial charge < -0.3 is 20.4 Å². The van der Waals surface area contributed by atoms with E-state index < -0.39 is 0 Å². The highest BCUT2D eigenvalue weighted by molar-refractivity contribution is 5.79. The van der Waals surface area contributed by atoms with Crippen molar-refractivity contribution < 1.29 is 0 Å². The molecule has 0 bridgehead atoms. The molecule has 0 aromatic heterocycles. The van der Waals surface area contributed by atoms with Crippen molar-refractivity contribution in [1.82, 2.24) is 20.4 Å². The third-order valence-electron chi connectivity index (χ3n) is 5.89. The summed E-state index contributed by atoms with van der Waals surface area (Å²) in [6, 6.07) is 21.6. The maximum atomic E-state index is 4.41. The Morgan fingerprint density at radius 1 is 0.867 bits per heavy atom. The Balaban J connectivity index is 1.46. The molecular weight excluding hydrogens is 370 g/mol. The Morgan fingerprint density at radius 2 is 1.50 bits per heavy atom. The Morgan fingerprint density at radius 3 is 2.13 bits per heavy atom. The maximum Gasteiger partial charge on any atom is 0.191 e. The molecular formula is C25H37N5. The first-order valence-electron chi connectivity index (χ1n) is 11.2. The smallest absolute Gasteiger partial charge is 0.191 e. The van der Waals surface area contributed by atoms with Gasteiger partial charge in [-0.3, -0.25) is 4.99 Å². The molecule has 2 aromatic rings. The Hall–Kier alpha value is -2.37. The zero-order valence-corrected chi connectivity index (χ0v) is 18.6. The first-order chi connectivity index (χ1) is 14.8. The van der Waals surface area contributed by atoms with Crippen molar-refractivity contribution in [2.45, 2.75) is 18.8 Å². The molecule has 162 valence electrons. The van der Waals surface area contributed by atoms with Gasteiger partial charge in [0.15, 0.2) is 5.96 Å². The van der Waals surface area contributed by atoms with Crippen LogP contribution in [-0.2, 0) is 0 Å². The zero-order chi connectivity index (χ0) is 21.0. The molecule has 0 radical (unpaired) electrons. The molecule has 0 saturated carbocycles. The summed E-state index contributed by atoms with van der Waals surface area (Å²) >= 11 is 0. The van der Waals surface area contributed by atoms with Gasteiger partial charge in [-0.05, 0) is 44.1 Å². The number of aliphatic imine (C=N–C) groups is 1. The summed E-state index contributed by atoms with van der Waals surface area (Å²) in [5.74, 6) is 1.27. The van der Waals surface area contributed by atoms with Crippen LogP contribution in [-0.4, -0.2) is 75.7 Å². The van der Waals surface area contributed by atoms with Crippen LogP contribution >= 0.6 is 0 Å². The number of guanidine groups is 1. The number of rotatable bonds is 8. The molecule has 0 atom stereocenters. The van der Waals surface area contributed by atoms with Crippen molar-refractivity contribution in [2.75, 3.05) is 59.9 Å². The van der Waals surface area contributed by atoms with Crippen LogP contribution in [0.5, 0.6) is 0 Å². The summed E-state index contributed by atoms with van der Waals surface area (Å²) in [5.41, 5.74) is 2.72. The molecule has 5 heteroatoms. The lowest BCUT2D eigenvalue weighted by Gasteiger charge is -2.22. The highest BCUT2D eigenvalue weighted by Gasteiger charge is 2.14. The van der Waals surface area contributed by atoms with Crippen molar-refractivity contribution in [3.05, 3.63) is 71.8 Å². The van der Waals surface area contributed by atoms with Gasteiger partial charge in [-0.2, -0.15) is 0 Å². The molecule has 5 nitrogen and oxygen atoms in total. The molecule has 1 aliphatic rings. The molecule has 0 unspecified atom stereocenters. The van der Waals surface area contributed by atoms with E-state index in [1.54, 1.807) is 0 Å². The van der Waals surface area contributed by atoms with Gasteiger partial charge in [-0.25, -0.2) is 0 Å². The monoisotopic (exact) mass is 407 g/mol. The summed E-state index contributed by atoms with van der Waals surface area (Å²) in [6.45, 7) is 7.57. The van der Waals surface area contributed by atoms with Gasteiger partial charge in [-0.15, -0.1) is 0 Å². The van der Waals surface area contributed by atoms with Gasteiger partial charge in [-0.1, -0.05) is 60.7 Å². The van der Waals surface area contributed by atoms with Gasteiger partial charge in [0.25, 0.3) is 0 Å². The summed E-state index contributed by atoms with van der Waals surface area (Å²) in [4.78, 5) is 9.38. The van der Waals surface area contributed by atoms with Gasteiger partial charge in [0.1, 0.15) is 0 Å². The molecule has 2 N–H and O–H groups in total. The predicted octanol–water partition coefficient (Wildman–Crippen LogP) is 3.01. The average molecular weight is 408 g/mol. The molecule has 0 amide bonds. The second kappa shape index (κ2) is 12.4. The Kier molecular flexibility index (Phi) is 9.19. The second-order valence-corrected chi connectivity index (χ2v) is 8.09. The minimum Gasteiger partial charge on any atom is -0.356 e. The fraction of sp³-hybridized carbons (Fsp3) is 0.480. The Labute approximate surface area is 182 Å².